The quantitative estimate of drug-likeness (QED) is 0.561. The minimum Gasteiger partial charge on any atom is -0.347 e. The van der Waals surface area contributed by atoms with Crippen LogP contribution in [0.15, 0.2) is 28.7 Å². The number of nitro groups is 1. The van der Waals surface area contributed by atoms with E-state index in [1.807, 2.05) is 24.3 Å². The average molecular weight is 423 g/mol. The van der Waals surface area contributed by atoms with Crippen molar-refractivity contribution in [2.45, 2.75) is 43.9 Å². The number of benzene rings is 1. The van der Waals surface area contributed by atoms with Crippen LogP contribution in [-0.2, 0) is 4.79 Å². The van der Waals surface area contributed by atoms with Gasteiger partial charge in [0.25, 0.3) is 0 Å². The summed E-state index contributed by atoms with van der Waals surface area (Å²) < 4.78 is 0.939. The molecular weight excluding hydrogens is 404 g/mol. The number of hydrogen-bond donors (Lipinski definition) is 2. The third-order valence-electron chi connectivity index (χ3n) is 5.78. The summed E-state index contributed by atoms with van der Waals surface area (Å²) in [4.78, 5) is 37.5. The molecule has 5 atom stereocenters. The van der Waals surface area contributed by atoms with E-state index in [2.05, 4.69) is 31.5 Å². The molecule has 138 valence electrons. The number of nitrogens with one attached hydrogen (secondary N) is 2. The Morgan fingerprint density at radius 2 is 1.88 bits per heavy atom. The van der Waals surface area contributed by atoms with Crippen molar-refractivity contribution in [2.24, 2.45) is 11.8 Å². The summed E-state index contributed by atoms with van der Waals surface area (Å²) in [7, 11) is 0. The van der Waals surface area contributed by atoms with E-state index in [0.717, 1.165) is 10.2 Å². The highest BCUT2D eigenvalue weighted by molar-refractivity contribution is 9.10. The van der Waals surface area contributed by atoms with Gasteiger partial charge in [0.2, 0.25) is 11.9 Å². The maximum absolute atomic E-state index is 12.4. The number of urea groups is 1. The normalized spacial score (nSPS) is 33.6. The van der Waals surface area contributed by atoms with Crippen molar-refractivity contribution in [2.75, 3.05) is 4.90 Å². The fourth-order valence-corrected chi connectivity index (χ4v) is 4.91. The molecule has 2 aliphatic heterocycles. The van der Waals surface area contributed by atoms with Gasteiger partial charge in [-0.3, -0.25) is 20.2 Å². The fraction of sp³-hybridized carbons (Fsp3) is 0.529. The molecule has 2 N–H and O–H groups in total. The first-order valence-corrected chi connectivity index (χ1v) is 9.52. The Morgan fingerprint density at radius 3 is 2.58 bits per heavy atom. The zero-order chi connectivity index (χ0) is 18.4. The molecule has 9 heteroatoms. The maximum atomic E-state index is 12.4. The summed E-state index contributed by atoms with van der Waals surface area (Å²) in [5.74, 6) is -0.671. The highest BCUT2D eigenvalue weighted by Crippen LogP contribution is 2.43. The van der Waals surface area contributed by atoms with Gasteiger partial charge in [-0.1, -0.05) is 15.9 Å². The van der Waals surface area contributed by atoms with Crippen LogP contribution in [0.1, 0.15) is 25.7 Å². The van der Waals surface area contributed by atoms with Gasteiger partial charge >= 0.3 is 6.03 Å². The molecule has 1 saturated carbocycles. The number of halogens is 1. The molecule has 4 rings (SSSR count). The molecule has 0 bridgehead atoms. The van der Waals surface area contributed by atoms with Crippen LogP contribution in [0.4, 0.5) is 10.5 Å². The Morgan fingerprint density at radius 1 is 1.15 bits per heavy atom. The lowest BCUT2D eigenvalue weighted by Gasteiger charge is -2.53. The molecule has 1 aliphatic carbocycles. The van der Waals surface area contributed by atoms with E-state index in [1.165, 1.54) is 0 Å². The van der Waals surface area contributed by atoms with Gasteiger partial charge in [0.1, 0.15) is 6.17 Å². The number of carbonyl (C=O) groups excluding carboxylic acids is 2. The predicted octanol–water partition coefficient (Wildman–Crippen LogP) is 2.25. The zero-order valence-electron chi connectivity index (χ0n) is 13.9. The van der Waals surface area contributed by atoms with Gasteiger partial charge in [0.05, 0.1) is 5.92 Å². The number of fused-ring (bicyclic) bond motifs is 2. The molecule has 8 nitrogen and oxygen atoms in total. The Hall–Kier alpha value is -2.16. The molecule has 0 radical (unpaired) electrons. The average Bonchev–Trinajstić information content (AvgIpc) is 2.60. The van der Waals surface area contributed by atoms with Crippen molar-refractivity contribution >= 4 is 33.6 Å². The van der Waals surface area contributed by atoms with Crippen LogP contribution in [-0.4, -0.2) is 35.1 Å². The van der Waals surface area contributed by atoms with E-state index < -0.39 is 24.2 Å². The Bertz CT molecular complexity index is 756. The molecule has 1 aromatic carbocycles. The molecule has 3 aliphatic rings. The molecule has 0 aromatic heterocycles. The Balaban J connectivity index is 1.71. The molecule has 0 spiro atoms. The van der Waals surface area contributed by atoms with Crippen LogP contribution in [0.5, 0.6) is 0 Å². The number of anilines is 1. The van der Waals surface area contributed by atoms with Gasteiger partial charge in [-0.05, 0) is 43.0 Å². The van der Waals surface area contributed by atoms with E-state index in [0.29, 0.717) is 25.7 Å². The number of piperidine rings is 1. The lowest BCUT2D eigenvalue weighted by Crippen LogP contribution is -2.70. The van der Waals surface area contributed by atoms with Gasteiger partial charge in [-0.2, -0.15) is 0 Å². The van der Waals surface area contributed by atoms with E-state index in [-0.39, 0.29) is 22.8 Å². The summed E-state index contributed by atoms with van der Waals surface area (Å²) in [5.41, 5.74) is 0.910. The summed E-state index contributed by atoms with van der Waals surface area (Å²) in [6.07, 6.45) is 1.78. The summed E-state index contributed by atoms with van der Waals surface area (Å²) >= 11 is 3.42. The van der Waals surface area contributed by atoms with Gasteiger partial charge in [-0.25, -0.2) is 4.79 Å². The van der Waals surface area contributed by atoms with Gasteiger partial charge in [-0.15, -0.1) is 0 Å². The van der Waals surface area contributed by atoms with Crippen molar-refractivity contribution in [3.8, 4) is 0 Å². The molecule has 3 fully saturated rings. The van der Waals surface area contributed by atoms with E-state index >= 15 is 0 Å². The minimum absolute atomic E-state index is 0.0461. The number of carbonyl (C=O) groups is 2. The van der Waals surface area contributed by atoms with Crippen LogP contribution in [0.25, 0.3) is 0 Å². The summed E-state index contributed by atoms with van der Waals surface area (Å²) in [6.45, 7) is 0. The van der Waals surface area contributed by atoms with Crippen molar-refractivity contribution in [3.05, 3.63) is 38.9 Å². The van der Waals surface area contributed by atoms with Crippen LogP contribution in [0, 0.1) is 22.0 Å². The second kappa shape index (κ2) is 6.53. The number of hydrogen-bond acceptors (Lipinski definition) is 5. The number of imide groups is 1. The van der Waals surface area contributed by atoms with Crippen molar-refractivity contribution in [1.82, 2.24) is 10.6 Å². The SMILES string of the molecule is O=C1NC(=O)C2CC3CC([N+](=O)[O-])CCC3N(c3ccc(Br)cc3)C2N1. The molecule has 1 aromatic rings. The van der Waals surface area contributed by atoms with Gasteiger partial charge in [0, 0.05) is 34.0 Å². The van der Waals surface area contributed by atoms with E-state index in [4.69, 9.17) is 0 Å². The smallest absolute Gasteiger partial charge is 0.323 e. The van der Waals surface area contributed by atoms with E-state index in [1.54, 1.807) is 0 Å². The van der Waals surface area contributed by atoms with Crippen molar-refractivity contribution in [1.29, 1.82) is 0 Å². The molecule has 2 saturated heterocycles. The van der Waals surface area contributed by atoms with Crippen molar-refractivity contribution < 1.29 is 14.5 Å². The predicted molar refractivity (Wildman–Crippen MR) is 97.1 cm³/mol. The van der Waals surface area contributed by atoms with Crippen LogP contribution in [0.3, 0.4) is 0 Å². The monoisotopic (exact) mass is 422 g/mol. The lowest BCUT2D eigenvalue weighted by atomic mass is 9.71. The Labute approximate surface area is 158 Å². The summed E-state index contributed by atoms with van der Waals surface area (Å²) in [5, 5.41) is 16.5. The molecule has 3 amide bonds. The summed E-state index contributed by atoms with van der Waals surface area (Å²) in [6, 6.07) is 6.75. The molecular formula is C17H19BrN4O4. The second-order valence-electron chi connectivity index (χ2n) is 7.21. The topological polar surface area (TPSA) is 105 Å². The first-order valence-electron chi connectivity index (χ1n) is 8.73. The standard InChI is InChI=1S/C17H19BrN4O4/c18-10-1-3-11(4-2-10)21-14-6-5-12(22(25)26)7-9(14)8-13-15(21)19-17(24)20-16(13)23/h1-4,9,12-15H,5-8H2,(H2,19,20,23,24). The number of nitrogens with zero attached hydrogens (tertiary/aromatic N) is 2. The maximum Gasteiger partial charge on any atom is 0.323 e. The number of amides is 3. The van der Waals surface area contributed by atoms with E-state index in [9.17, 15) is 19.7 Å². The molecule has 5 unspecified atom stereocenters. The highest BCUT2D eigenvalue weighted by atomic mass is 79.9. The zero-order valence-corrected chi connectivity index (χ0v) is 15.5. The highest BCUT2D eigenvalue weighted by Gasteiger charge is 2.51. The van der Waals surface area contributed by atoms with Crippen LogP contribution >= 0.6 is 15.9 Å². The van der Waals surface area contributed by atoms with Crippen LogP contribution < -0.4 is 15.5 Å². The van der Waals surface area contributed by atoms with Crippen molar-refractivity contribution in [3.63, 3.8) is 0 Å². The van der Waals surface area contributed by atoms with Gasteiger partial charge in [0.15, 0.2) is 0 Å². The third-order valence-corrected chi connectivity index (χ3v) is 6.31. The first-order chi connectivity index (χ1) is 12.4. The lowest BCUT2D eigenvalue weighted by molar-refractivity contribution is -0.528. The fourth-order valence-electron chi connectivity index (χ4n) is 4.65. The Kier molecular flexibility index (Phi) is 4.34. The van der Waals surface area contributed by atoms with Gasteiger partial charge < -0.3 is 10.2 Å². The van der Waals surface area contributed by atoms with Crippen LogP contribution in [0.2, 0.25) is 0 Å². The number of rotatable bonds is 2. The first kappa shape index (κ1) is 17.3. The molecule has 26 heavy (non-hydrogen) atoms. The largest absolute Gasteiger partial charge is 0.347 e. The molecule has 2 heterocycles. The second-order valence-corrected chi connectivity index (χ2v) is 8.13. The minimum atomic E-state index is -0.555. The third kappa shape index (κ3) is 2.94.